The summed E-state index contributed by atoms with van der Waals surface area (Å²) in [4.78, 5) is 41.4. The van der Waals surface area contributed by atoms with Gasteiger partial charge < -0.3 is 15.2 Å². The van der Waals surface area contributed by atoms with Crippen LogP contribution in [0.15, 0.2) is 24.3 Å². The summed E-state index contributed by atoms with van der Waals surface area (Å²) in [5.74, 6) is -0.433. The largest absolute Gasteiger partial charge is 0.351 e. The summed E-state index contributed by atoms with van der Waals surface area (Å²) in [6.07, 6.45) is 4.55. The molecule has 2 heterocycles. The van der Waals surface area contributed by atoms with Crippen LogP contribution in [0.4, 0.5) is 5.69 Å². The van der Waals surface area contributed by atoms with Crippen LogP contribution in [0.1, 0.15) is 76.7 Å². The smallest absolute Gasteiger partial charge is 0.291 e. The Labute approximate surface area is 164 Å². The first-order valence-electron chi connectivity index (χ1n) is 9.81. The molecule has 2 amide bonds. The molecule has 1 aliphatic rings. The zero-order chi connectivity index (χ0) is 20.1. The van der Waals surface area contributed by atoms with Crippen molar-refractivity contribution in [3.05, 3.63) is 47.0 Å². The minimum atomic E-state index is -0.378. The number of nitrogens with one attached hydrogen (secondary N) is 2. The summed E-state index contributed by atoms with van der Waals surface area (Å²) in [7, 11) is 0. The average molecular weight is 382 g/mol. The maximum Gasteiger partial charge on any atom is 0.291 e. The van der Waals surface area contributed by atoms with Crippen molar-refractivity contribution in [1.29, 1.82) is 0 Å². The van der Waals surface area contributed by atoms with E-state index >= 15 is 0 Å². The summed E-state index contributed by atoms with van der Waals surface area (Å²) < 4.78 is 1.85. The molecule has 0 atom stereocenters. The first kappa shape index (κ1) is 19.8. The van der Waals surface area contributed by atoms with E-state index in [0.29, 0.717) is 30.0 Å². The maximum absolute atomic E-state index is 12.9. The lowest BCUT2D eigenvalue weighted by Gasteiger charge is -2.17. The van der Waals surface area contributed by atoms with E-state index in [1.165, 1.54) is 6.92 Å². The fraction of sp³-hybridized carbons (Fsp3) is 0.429. The Balaban J connectivity index is 1.85. The van der Waals surface area contributed by atoms with E-state index in [4.69, 9.17) is 0 Å². The van der Waals surface area contributed by atoms with Crippen LogP contribution in [0.3, 0.4) is 0 Å². The van der Waals surface area contributed by atoms with Gasteiger partial charge in [-0.15, -0.1) is 0 Å². The normalized spacial score (nSPS) is 12.9. The Hall–Kier alpha value is -2.96. The lowest BCUT2D eigenvalue weighted by Crippen LogP contribution is -2.26. The Morgan fingerprint density at radius 1 is 1.18 bits per heavy atom. The van der Waals surface area contributed by atoms with E-state index in [2.05, 4.69) is 22.5 Å². The van der Waals surface area contributed by atoms with Crippen LogP contribution in [0.5, 0.6) is 0 Å². The summed E-state index contributed by atoms with van der Waals surface area (Å²) in [5, 5.41) is 5.69. The molecule has 148 valence electrons. The maximum atomic E-state index is 12.9. The molecule has 0 saturated carbocycles. The molecule has 0 bridgehead atoms. The number of aromatic nitrogens is 2. The second kappa shape index (κ2) is 8.82. The number of amides is 2. The van der Waals surface area contributed by atoms with E-state index in [0.717, 1.165) is 37.8 Å². The highest BCUT2D eigenvalue weighted by Gasteiger charge is 2.27. The van der Waals surface area contributed by atoms with Crippen LogP contribution in [0.25, 0.3) is 0 Å². The van der Waals surface area contributed by atoms with Crippen molar-refractivity contribution in [3.8, 4) is 0 Å². The predicted molar refractivity (Wildman–Crippen MR) is 107 cm³/mol. The first-order chi connectivity index (χ1) is 13.5. The molecule has 0 radical (unpaired) electrons. The molecule has 0 aliphatic carbocycles. The van der Waals surface area contributed by atoms with Gasteiger partial charge in [0.2, 0.25) is 0 Å². The van der Waals surface area contributed by atoms with Crippen molar-refractivity contribution >= 4 is 23.3 Å². The molecule has 2 aromatic rings. The standard InChI is InChI=1S/C21H26N4O3/c1-3-4-11-22-20(27)18-17-10-5-6-12-25(17)19(24-18)21(28)23-16-9-7-8-15(13-16)14(2)26/h7-9,13H,3-6,10-12H2,1-2H3,(H,22,27)(H,23,28). The van der Waals surface area contributed by atoms with Gasteiger partial charge in [-0.05, 0) is 44.7 Å². The van der Waals surface area contributed by atoms with Crippen molar-refractivity contribution in [3.63, 3.8) is 0 Å². The van der Waals surface area contributed by atoms with Crippen molar-refractivity contribution < 1.29 is 14.4 Å². The van der Waals surface area contributed by atoms with Gasteiger partial charge in [-0.1, -0.05) is 25.5 Å². The van der Waals surface area contributed by atoms with Gasteiger partial charge in [0.15, 0.2) is 11.6 Å². The molecule has 0 fully saturated rings. The number of unbranched alkanes of at least 4 members (excludes halogenated alkanes) is 1. The van der Waals surface area contributed by atoms with Crippen LogP contribution >= 0.6 is 0 Å². The molecule has 0 unspecified atom stereocenters. The molecular weight excluding hydrogens is 356 g/mol. The molecule has 1 aromatic carbocycles. The van der Waals surface area contributed by atoms with E-state index in [1.807, 2.05) is 4.57 Å². The van der Waals surface area contributed by atoms with Crippen LogP contribution in [-0.2, 0) is 13.0 Å². The van der Waals surface area contributed by atoms with E-state index in [-0.39, 0.29) is 23.4 Å². The molecular formula is C21H26N4O3. The second-order valence-corrected chi connectivity index (χ2v) is 7.04. The summed E-state index contributed by atoms with van der Waals surface area (Å²) >= 11 is 0. The van der Waals surface area contributed by atoms with Crippen LogP contribution in [0, 0.1) is 0 Å². The lowest BCUT2D eigenvalue weighted by molar-refractivity contribution is 0.0946. The molecule has 7 heteroatoms. The van der Waals surface area contributed by atoms with Crippen molar-refractivity contribution in [2.45, 2.75) is 52.5 Å². The average Bonchev–Trinajstić information content (AvgIpc) is 3.08. The third-order valence-corrected chi connectivity index (χ3v) is 4.88. The highest BCUT2D eigenvalue weighted by molar-refractivity contribution is 6.04. The van der Waals surface area contributed by atoms with Gasteiger partial charge in [-0.25, -0.2) is 4.98 Å². The molecule has 0 spiro atoms. The number of hydrogen-bond donors (Lipinski definition) is 2. The van der Waals surface area contributed by atoms with Crippen molar-refractivity contribution in [1.82, 2.24) is 14.9 Å². The topological polar surface area (TPSA) is 93.1 Å². The molecule has 0 saturated heterocycles. The number of fused-ring (bicyclic) bond motifs is 1. The van der Waals surface area contributed by atoms with E-state index < -0.39 is 0 Å². The minimum Gasteiger partial charge on any atom is -0.351 e. The Morgan fingerprint density at radius 2 is 2.00 bits per heavy atom. The minimum absolute atomic E-state index is 0.0691. The van der Waals surface area contributed by atoms with Crippen LogP contribution in [-0.4, -0.2) is 33.7 Å². The molecule has 1 aromatic heterocycles. The zero-order valence-electron chi connectivity index (χ0n) is 16.4. The Morgan fingerprint density at radius 3 is 2.75 bits per heavy atom. The molecule has 2 N–H and O–H groups in total. The van der Waals surface area contributed by atoms with Gasteiger partial charge in [0.25, 0.3) is 11.8 Å². The number of benzene rings is 1. The van der Waals surface area contributed by atoms with Gasteiger partial charge in [-0.2, -0.15) is 0 Å². The third kappa shape index (κ3) is 4.30. The molecule has 7 nitrogen and oxygen atoms in total. The monoisotopic (exact) mass is 382 g/mol. The van der Waals surface area contributed by atoms with E-state index in [9.17, 15) is 14.4 Å². The quantitative estimate of drug-likeness (QED) is 0.568. The number of carbonyl (C=O) groups is 3. The molecule has 28 heavy (non-hydrogen) atoms. The first-order valence-corrected chi connectivity index (χ1v) is 9.81. The highest BCUT2D eigenvalue weighted by atomic mass is 16.2. The summed E-state index contributed by atoms with van der Waals surface area (Å²) in [6.45, 7) is 4.81. The van der Waals surface area contributed by atoms with Crippen molar-refractivity contribution in [2.24, 2.45) is 0 Å². The summed E-state index contributed by atoms with van der Waals surface area (Å²) in [6, 6.07) is 6.79. The van der Waals surface area contributed by atoms with Gasteiger partial charge in [0.05, 0.1) is 5.69 Å². The van der Waals surface area contributed by atoms with Crippen LogP contribution < -0.4 is 10.6 Å². The van der Waals surface area contributed by atoms with Crippen molar-refractivity contribution in [2.75, 3.05) is 11.9 Å². The number of carbonyl (C=O) groups excluding carboxylic acids is 3. The van der Waals surface area contributed by atoms with Gasteiger partial charge >= 0.3 is 0 Å². The molecule has 1 aliphatic heterocycles. The molecule has 3 rings (SSSR count). The van der Waals surface area contributed by atoms with Gasteiger partial charge in [0, 0.05) is 24.3 Å². The SMILES string of the molecule is CCCCNC(=O)c1nc(C(=O)Nc2cccc(C(C)=O)c2)n2c1CCCC2. The Kier molecular flexibility index (Phi) is 6.23. The highest BCUT2D eigenvalue weighted by Crippen LogP contribution is 2.22. The summed E-state index contributed by atoms with van der Waals surface area (Å²) in [5.41, 5.74) is 2.22. The van der Waals surface area contributed by atoms with Gasteiger partial charge in [0.1, 0.15) is 5.69 Å². The number of imidazole rings is 1. The van der Waals surface area contributed by atoms with E-state index in [1.54, 1.807) is 24.3 Å². The number of nitrogens with zero attached hydrogens (tertiary/aromatic N) is 2. The lowest BCUT2D eigenvalue weighted by atomic mass is 10.1. The second-order valence-electron chi connectivity index (χ2n) is 7.04. The third-order valence-electron chi connectivity index (χ3n) is 4.88. The number of ketones is 1. The van der Waals surface area contributed by atoms with Crippen LogP contribution in [0.2, 0.25) is 0 Å². The fourth-order valence-corrected chi connectivity index (χ4v) is 3.36. The number of anilines is 1. The fourth-order valence-electron chi connectivity index (χ4n) is 3.36. The number of rotatable bonds is 7. The number of Topliss-reactive ketones (excluding diaryl/α,β-unsaturated/α-hetero) is 1. The van der Waals surface area contributed by atoms with Gasteiger partial charge in [-0.3, -0.25) is 14.4 Å². The number of hydrogen-bond acceptors (Lipinski definition) is 4. The predicted octanol–water partition coefficient (Wildman–Crippen LogP) is 3.20. The Bertz CT molecular complexity index is 901. The zero-order valence-corrected chi connectivity index (χ0v) is 16.4.